The van der Waals surface area contributed by atoms with Gasteiger partial charge in [-0.3, -0.25) is 14.9 Å². The third kappa shape index (κ3) is 3.24. The molecule has 0 aliphatic carbocycles. The molecular weight excluding hydrogens is 308 g/mol. The molecule has 0 saturated heterocycles. The fourth-order valence-corrected chi connectivity index (χ4v) is 2.79. The van der Waals surface area contributed by atoms with Gasteiger partial charge in [0.1, 0.15) is 6.04 Å². The molecule has 2 heterocycles. The molecule has 7 heteroatoms. The van der Waals surface area contributed by atoms with Crippen LogP contribution in [0, 0.1) is 6.92 Å². The van der Waals surface area contributed by atoms with Crippen LogP contribution >= 0.6 is 0 Å². The van der Waals surface area contributed by atoms with Gasteiger partial charge in [0.05, 0.1) is 5.69 Å². The Morgan fingerprint density at radius 3 is 2.79 bits per heavy atom. The summed E-state index contributed by atoms with van der Waals surface area (Å²) >= 11 is 0. The number of nitrogens with zero attached hydrogens (tertiary/aromatic N) is 2. The molecule has 126 valence electrons. The van der Waals surface area contributed by atoms with Gasteiger partial charge in [0.25, 0.3) is 0 Å². The fourth-order valence-electron chi connectivity index (χ4n) is 2.79. The van der Waals surface area contributed by atoms with E-state index in [1.54, 1.807) is 31.7 Å². The summed E-state index contributed by atoms with van der Waals surface area (Å²) < 4.78 is 4.98. The third-order valence-corrected chi connectivity index (χ3v) is 4.01. The van der Waals surface area contributed by atoms with Gasteiger partial charge in [-0.2, -0.15) is 0 Å². The Morgan fingerprint density at radius 1 is 1.33 bits per heavy atom. The molecule has 1 aromatic carbocycles. The van der Waals surface area contributed by atoms with Crippen LogP contribution in [0.5, 0.6) is 0 Å². The number of rotatable bonds is 4. The molecule has 1 aromatic heterocycles. The van der Waals surface area contributed by atoms with E-state index in [0.29, 0.717) is 18.1 Å². The molecule has 0 radical (unpaired) electrons. The lowest BCUT2D eigenvalue weighted by molar-refractivity contribution is -0.117. The first kappa shape index (κ1) is 16.0. The zero-order valence-electron chi connectivity index (χ0n) is 13.9. The second kappa shape index (κ2) is 6.35. The van der Waals surface area contributed by atoms with Gasteiger partial charge in [0, 0.05) is 30.9 Å². The maximum atomic E-state index is 12.2. The first-order valence-corrected chi connectivity index (χ1v) is 7.86. The van der Waals surface area contributed by atoms with Crippen molar-refractivity contribution in [1.82, 2.24) is 5.16 Å². The molecule has 1 aliphatic rings. The van der Waals surface area contributed by atoms with E-state index in [4.69, 9.17) is 4.52 Å². The normalized spacial score (nSPS) is 14.2. The van der Waals surface area contributed by atoms with Crippen molar-refractivity contribution in [2.45, 2.75) is 33.2 Å². The molecule has 2 N–H and O–H groups in total. The standard InChI is InChI=1S/C17H20N4O3/c1-10-8-16(24-20-10)19-17(23)11(2)18-14-4-5-15-13(9-14)6-7-21(15)12(3)22/h4-5,8-9,11,18H,6-7H2,1-3H3,(H,19,23)/t11-/m1/s1. The van der Waals surface area contributed by atoms with E-state index >= 15 is 0 Å². The quantitative estimate of drug-likeness (QED) is 0.899. The van der Waals surface area contributed by atoms with Crippen molar-refractivity contribution in [3.05, 3.63) is 35.5 Å². The Morgan fingerprint density at radius 2 is 2.12 bits per heavy atom. The van der Waals surface area contributed by atoms with E-state index in [0.717, 1.165) is 23.4 Å². The highest BCUT2D eigenvalue weighted by molar-refractivity contribution is 5.96. The number of aromatic nitrogens is 1. The van der Waals surface area contributed by atoms with Crippen LogP contribution in [0.1, 0.15) is 25.1 Å². The topological polar surface area (TPSA) is 87.5 Å². The molecule has 7 nitrogen and oxygen atoms in total. The molecule has 0 spiro atoms. The highest BCUT2D eigenvalue weighted by atomic mass is 16.5. The third-order valence-electron chi connectivity index (χ3n) is 4.01. The molecule has 0 bridgehead atoms. The van der Waals surface area contributed by atoms with Gasteiger partial charge in [-0.15, -0.1) is 0 Å². The highest BCUT2D eigenvalue weighted by Gasteiger charge is 2.23. The van der Waals surface area contributed by atoms with Crippen LogP contribution in [-0.2, 0) is 16.0 Å². The van der Waals surface area contributed by atoms with Gasteiger partial charge < -0.3 is 14.7 Å². The van der Waals surface area contributed by atoms with E-state index in [2.05, 4.69) is 15.8 Å². The number of hydrogen-bond donors (Lipinski definition) is 2. The number of aryl methyl sites for hydroxylation is 1. The molecule has 0 unspecified atom stereocenters. The number of carbonyl (C=O) groups is 2. The number of carbonyl (C=O) groups excluding carboxylic acids is 2. The van der Waals surface area contributed by atoms with Crippen molar-refractivity contribution >= 4 is 29.1 Å². The molecule has 2 amide bonds. The molecule has 0 saturated carbocycles. The SMILES string of the molecule is CC(=O)N1CCc2cc(N[C@H](C)C(=O)Nc3cc(C)no3)ccc21. The number of amides is 2. The van der Waals surface area contributed by atoms with E-state index in [9.17, 15) is 9.59 Å². The minimum Gasteiger partial charge on any atom is -0.374 e. The Bertz CT molecular complexity index is 784. The highest BCUT2D eigenvalue weighted by Crippen LogP contribution is 2.30. The molecule has 24 heavy (non-hydrogen) atoms. The Hall–Kier alpha value is -2.83. The lowest BCUT2D eigenvalue weighted by Crippen LogP contribution is -2.31. The lowest BCUT2D eigenvalue weighted by Gasteiger charge is -2.17. The predicted octanol–water partition coefficient (Wildman–Crippen LogP) is 2.33. The summed E-state index contributed by atoms with van der Waals surface area (Å²) in [6, 6.07) is 6.99. The Balaban J connectivity index is 1.65. The number of hydrogen-bond acceptors (Lipinski definition) is 5. The number of fused-ring (bicyclic) bond motifs is 1. The van der Waals surface area contributed by atoms with Gasteiger partial charge in [-0.25, -0.2) is 0 Å². The fraction of sp³-hybridized carbons (Fsp3) is 0.353. The molecule has 3 rings (SSSR count). The second-order valence-electron chi connectivity index (χ2n) is 5.95. The molecule has 1 atom stereocenters. The summed E-state index contributed by atoms with van der Waals surface area (Å²) in [4.78, 5) is 25.5. The Kier molecular flexibility index (Phi) is 4.24. The largest absolute Gasteiger partial charge is 0.374 e. The van der Waals surface area contributed by atoms with Crippen LogP contribution in [0.3, 0.4) is 0 Å². The molecule has 1 aliphatic heterocycles. The summed E-state index contributed by atoms with van der Waals surface area (Å²) in [6.45, 7) is 5.83. The van der Waals surface area contributed by atoms with Gasteiger partial charge in [-0.1, -0.05) is 5.16 Å². The molecular formula is C17H20N4O3. The van der Waals surface area contributed by atoms with Crippen molar-refractivity contribution in [3.8, 4) is 0 Å². The van der Waals surface area contributed by atoms with Gasteiger partial charge >= 0.3 is 0 Å². The maximum Gasteiger partial charge on any atom is 0.248 e. The zero-order valence-corrected chi connectivity index (χ0v) is 13.9. The van der Waals surface area contributed by atoms with Crippen molar-refractivity contribution in [3.63, 3.8) is 0 Å². The minimum atomic E-state index is -0.446. The van der Waals surface area contributed by atoms with E-state index in [1.807, 2.05) is 18.2 Å². The lowest BCUT2D eigenvalue weighted by atomic mass is 10.1. The summed E-state index contributed by atoms with van der Waals surface area (Å²) in [6.07, 6.45) is 0.822. The van der Waals surface area contributed by atoms with Crippen LogP contribution in [0.2, 0.25) is 0 Å². The summed E-state index contributed by atoms with van der Waals surface area (Å²) in [5.41, 5.74) is 3.60. The van der Waals surface area contributed by atoms with E-state index in [-0.39, 0.29) is 11.8 Å². The van der Waals surface area contributed by atoms with Crippen molar-refractivity contribution < 1.29 is 14.1 Å². The first-order valence-electron chi connectivity index (χ1n) is 7.86. The average Bonchev–Trinajstić information content (AvgIpc) is 3.12. The van der Waals surface area contributed by atoms with Crippen LogP contribution in [0.15, 0.2) is 28.8 Å². The maximum absolute atomic E-state index is 12.2. The van der Waals surface area contributed by atoms with Crippen LogP contribution in [-0.4, -0.2) is 29.6 Å². The zero-order chi connectivity index (χ0) is 17.3. The number of nitrogens with one attached hydrogen (secondary N) is 2. The van der Waals surface area contributed by atoms with Gasteiger partial charge in [-0.05, 0) is 44.0 Å². The van der Waals surface area contributed by atoms with Crippen molar-refractivity contribution in [1.29, 1.82) is 0 Å². The van der Waals surface area contributed by atoms with Crippen LogP contribution < -0.4 is 15.5 Å². The average molecular weight is 328 g/mol. The van der Waals surface area contributed by atoms with Crippen molar-refractivity contribution in [2.24, 2.45) is 0 Å². The predicted molar refractivity (Wildman–Crippen MR) is 91.1 cm³/mol. The van der Waals surface area contributed by atoms with E-state index in [1.165, 1.54) is 0 Å². The summed E-state index contributed by atoms with van der Waals surface area (Å²) in [5.74, 6) is 0.166. The Labute approximate surface area is 140 Å². The number of anilines is 3. The summed E-state index contributed by atoms with van der Waals surface area (Å²) in [7, 11) is 0. The second-order valence-corrected chi connectivity index (χ2v) is 5.95. The molecule has 2 aromatic rings. The minimum absolute atomic E-state index is 0.0459. The van der Waals surface area contributed by atoms with Crippen molar-refractivity contribution in [2.75, 3.05) is 22.1 Å². The smallest absolute Gasteiger partial charge is 0.248 e. The van der Waals surface area contributed by atoms with E-state index < -0.39 is 6.04 Å². The van der Waals surface area contributed by atoms with Gasteiger partial charge in [0.2, 0.25) is 17.7 Å². The van der Waals surface area contributed by atoms with Crippen LogP contribution in [0.25, 0.3) is 0 Å². The monoisotopic (exact) mass is 328 g/mol. The van der Waals surface area contributed by atoms with Gasteiger partial charge in [0.15, 0.2) is 0 Å². The molecule has 0 fully saturated rings. The van der Waals surface area contributed by atoms with Crippen LogP contribution in [0.4, 0.5) is 17.3 Å². The first-order chi connectivity index (χ1) is 11.4. The summed E-state index contributed by atoms with van der Waals surface area (Å²) in [5, 5.41) is 9.57. The number of benzene rings is 1.